The number of likely N-dealkylation sites (tertiary alicyclic amines) is 1. The molecule has 1 N–H and O–H groups in total. The Morgan fingerprint density at radius 3 is 2.61 bits per heavy atom. The molecule has 2 aromatic rings. The second-order valence-electron chi connectivity index (χ2n) is 11.0. The van der Waals surface area contributed by atoms with Crippen LogP contribution in [0.5, 0.6) is 5.75 Å². The van der Waals surface area contributed by atoms with E-state index in [4.69, 9.17) is 9.73 Å². The van der Waals surface area contributed by atoms with Gasteiger partial charge in [-0.1, -0.05) is 57.2 Å². The predicted molar refractivity (Wildman–Crippen MR) is 150 cm³/mol. The van der Waals surface area contributed by atoms with Crippen LogP contribution in [0.2, 0.25) is 0 Å². The topological polar surface area (TPSA) is 57.2 Å². The summed E-state index contributed by atoms with van der Waals surface area (Å²) in [5, 5.41) is 3.11. The second kappa shape index (κ2) is 12.3. The lowest BCUT2D eigenvalue weighted by Crippen LogP contribution is -2.57. The van der Waals surface area contributed by atoms with Gasteiger partial charge in [0.05, 0.1) is 12.6 Å². The second-order valence-corrected chi connectivity index (χ2v) is 11.0. The van der Waals surface area contributed by atoms with E-state index in [0.29, 0.717) is 5.69 Å². The molecular formula is C31H41FN4O2. The number of rotatable bonds is 9. The van der Waals surface area contributed by atoms with E-state index < -0.39 is 5.54 Å². The summed E-state index contributed by atoms with van der Waals surface area (Å²) in [6.45, 7) is 5.43. The van der Waals surface area contributed by atoms with Crippen molar-refractivity contribution in [3.8, 4) is 5.75 Å². The van der Waals surface area contributed by atoms with E-state index in [1.165, 1.54) is 49.8 Å². The summed E-state index contributed by atoms with van der Waals surface area (Å²) in [4.78, 5) is 22.7. The zero-order chi connectivity index (χ0) is 26.4. The monoisotopic (exact) mass is 520 g/mol. The van der Waals surface area contributed by atoms with E-state index in [2.05, 4.69) is 35.3 Å². The first-order valence-electron chi connectivity index (χ1n) is 14.5. The van der Waals surface area contributed by atoms with E-state index in [9.17, 15) is 9.18 Å². The number of benzene rings is 2. The quantitative estimate of drug-likeness (QED) is 0.375. The average molecular weight is 521 g/mol. The molecule has 6 nitrogen and oxygen atoms in total. The molecule has 3 aliphatic rings. The number of hydrogen-bond acceptors (Lipinski definition) is 4. The van der Waals surface area contributed by atoms with E-state index in [-0.39, 0.29) is 17.9 Å². The predicted octanol–water partition coefficient (Wildman–Crippen LogP) is 6.69. The first kappa shape index (κ1) is 26.7. The minimum Gasteiger partial charge on any atom is -0.494 e. The standard InChI is InChI=1S/C31H41FN4O2/c1-2-3-7-20-38-28-15-8-10-24(21-28)23-35-18-16-31(17-19-35)29(33-26-12-5-4-6-13-26)34-30(37)36(31)27-14-9-11-25(32)22-27/h8-11,14-15,21-22,26H,2-7,12-13,16-20,23H2,1H3,(H,33,34,37). The van der Waals surface area contributed by atoms with Crippen molar-refractivity contribution in [3.63, 3.8) is 0 Å². The molecule has 2 aliphatic heterocycles. The Balaban J connectivity index is 1.32. The van der Waals surface area contributed by atoms with Gasteiger partial charge < -0.3 is 4.74 Å². The molecule has 2 amide bonds. The van der Waals surface area contributed by atoms with Crippen molar-refractivity contribution in [1.29, 1.82) is 0 Å². The molecule has 2 aromatic carbocycles. The van der Waals surface area contributed by atoms with E-state index in [1.54, 1.807) is 11.0 Å². The van der Waals surface area contributed by atoms with Gasteiger partial charge in [-0.3, -0.25) is 20.1 Å². The molecule has 2 heterocycles. The summed E-state index contributed by atoms with van der Waals surface area (Å²) in [5.74, 6) is 1.37. The molecule has 1 saturated carbocycles. The van der Waals surface area contributed by atoms with Gasteiger partial charge in [0, 0.05) is 25.3 Å². The molecule has 1 spiro atoms. The zero-order valence-electron chi connectivity index (χ0n) is 22.6. The number of amidine groups is 1. The van der Waals surface area contributed by atoms with Crippen molar-refractivity contribution in [2.24, 2.45) is 4.99 Å². The highest BCUT2D eigenvalue weighted by molar-refractivity contribution is 6.19. The Labute approximate surface area is 226 Å². The molecule has 3 fully saturated rings. The molecule has 2 saturated heterocycles. The van der Waals surface area contributed by atoms with Crippen LogP contribution in [0.1, 0.15) is 76.7 Å². The molecule has 204 valence electrons. The van der Waals surface area contributed by atoms with Crippen molar-refractivity contribution >= 4 is 17.6 Å². The summed E-state index contributed by atoms with van der Waals surface area (Å²) >= 11 is 0. The number of carbonyl (C=O) groups excluding carboxylic acids is 1. The largest absolute Gasteiger partial charge is 0.494 e. The number of aliphatic imine (C=N–C) groups is 1. The lowest BCUT2D eigenvalue weighted by molar-refractivity contribution is 0.184. The lowest BCUT2D eigenvalue weighted by Gasteiger charge is -2.44. The summed E-state index contributed by atoms with van der Waals surface area (Å²) < 4.78 is 20.2. The van der Waals surface area contributed by atoms with Crippen LogP contribution in [0.3, 0.4) is 0 Å². The molecule has 0 aromatic heterocycles. The Morgan fingerprint density at radius 1 is 1.05 bits per heavy atom. The van der Waals surface area contributed by atoms with Gasteiger partial charge in [0.15, 0.2) is 0 Å². The maximum Gasteiger partial charge on any atom is 0.328 e. The van der Waals surface area contributed by atoms with Gasteiger partial charge in [0.25, 0.3) is 0 Å². The highest BCUT2D eigenvalue weighted by Gasteiger charge is 2.53. The Morgan fingerprint density at radius 2 is 1.84 bits per heavy atom. The van der Waals surface area contributed by atoms with Gasteiger partial charge in [-0.05, 0) is 68.0 Å². The number of amides is 2. The number of nitrogens with zero attached hydrogens (tertiary/aromatic N) is 3. The highest BCUT2D eigenvalue weighted by atomic mass is 19.1. The van der Waals surface area contributed by atoms with Crippen LogP contribution >= 0.6 is 0 Å². The SMILES string of the molecule is CCCCCOc1cccc(CN2CCC3(CC2)C(=NC2CCCCC2)NC(=O)N3c2cccc(F)c2)c1. The van der Waals surface area contributed by atoms with E-state index >= 15 is 0 Å². The maximum absolute atomic E-state index is 14.2. The van der Waals surface area contributed by atoms with Gasteiger partial charge >= 0.3 is 6.03 Å². The molecule has 38 heavy (non-hydrogen) atoms. The van der Waals surface area contributed by atoms with Crippen LogP contribution in [0.15, 0.2) is 53.5 Å². The van der Waals surface area contributed by atoms with Gasteiger partial charge in [0.1, 0.15) is 22.9 Å². The number of halogens is 1. The molecule has 0 bridgehead atoms. The minimum absolute atomic E-state index is 0.202. The summed E-state index contributed by atoms with van der Waals surface area (Å²) in [6.07, 6.45) is 10.7. The minimum atomic E-state index is -0.566. The molecule has 5 rings (SSSR count). The number of unbranched alkanes of at least 4 members (excludes halogenated alkanes) is 2. The van der Waals surface area contributed by atoms with Gasteiger partial charge in [-0.15, -0.1) is 0 Å². The number of hydrogen-bond donors (Lipinski definition) is 1. The molecule has 7 heteroatoms. The van der Waals surface area contributed by atoms with E-state index in [1.807, 2.05) is 12.1 Å². The van der Waals surface area contributed by atoms with Crippen molar-refractivity contribution in [2.75, 3.05) is 24.6 Å². The van der Waals surface area contributed by atoms with Crippen LogP contribution in [0, 0.1) is 5.82 Å². The lowest BCUT2D eigenvalue weighted by atomic mass is 9.84. The van der Waals surface area contributed by atoms with Crippen LogP contribution in [-0.2, 0) is 6.54 Å². The molecule has 1 aliphatic carbocycles. The molecule has 0 unspecified atom stereocenters. The molecule has 0 atom stereocenters. The number of urea groups is 1. The van der Waals surface area contributed by atoms with Gasteiger partial charge in [-0.2, -0.15) is 0 Å². The summed E-state index contributed by atoms with van der Waals surface area (Å²) in [6, 6.07) is 14.8. The number of nitrogens with one attached hydrogen (secondary N) is 1. The summed E-state index contributed by atoms with van der Waals surface area (Å²) in [7, 11) is 0. The van der Waals surface area contributed by atoms with Gasteiger partial charge in [-0.25, -0.2) is 9.18 Å². The molecule has 0 radical (unpaired) electrons. The fourth-order valence-corrected chi connectivity index (χ4v) is 6.17. The number of carbonyl (C=O) groups is 1. The fourth-order valence-electron chi connectivity index (χ4n) is 6.17. The number of piperidine rings is 1. The van der Waals surface area contributed by atoms with Crippen LogP contribution in [-0.4, -0.2) is 48.0 Å². The van der Waals surface area contributed by atoms with Crippen molar-refractivity contribution in [3.05, 3.63) is 59.9 Å². The third kappa shape index (κ3) is 6.04. The Kier molecular flexibility index (Phi) is 8.62. The number of ether oxygens (including phenoxy) is 1. The first-order chi connectivity index (χ1) is 18.6. The average Bonchev–Trinajstić information content (AvgIpc) is 3.18. The van der Waals surface area contributed by atoms with Gasteiger partial charge in [0.2, 0.25) is 0 Å². The van der Waals surface area contributed by atoms with Crippen molar-refractivity contribution < 1.29 is 13.9 Å². The zero-order valence-corrected chi connectivity index (χ0v) is 22.6. The first-order valence-corrected chi connectivity index (χ1v) is 14.5. The van der Waals surface area contributed by atoms with Crippen LogP contribution in [0.25, 0.3) is 0 Å². The third-order valence-corrected chi connectivity index (χ3v) is 8.25. The Hall–Kier alpha value is -2.93. The summed E-state index contributed by atoms with van der Waals surface area (Å²) in [5.41, 5.74) is 1.26. The van der Waals surface area contributed by atoms with Crippen LogP contribution < -0.4 is 15.0 Å². The highest BCUT2D eigenvalue weighted by Crippen LogP contribution is 2.39. The van der Waals surface area contributed by atoms with Crippen molar-refractivity contribution in [1.82, 2.24) is 10.2 Å². The number of anilines is 1. The van der Waals surface area contributed by atoms with E-state index in [0.717, 1.165) is 69.9 Å². The fraction of sp³-hybridized carbons (Fsp3) is 0.548. The Bertz CT molecular complexity index is 1120. The molecular weight excluding hydrogens is 479 g/mol. The normalized spacial score (nSPS) is 21.3. The smallest absolute Gasteiger partial charge is 0.328 e. The third-order valence-electron chi connectivity index (χ3n) is 8.25. The van der Waals surface area contributed by atoms with Crippen molar-refractivity contribution in [2.45, 2.75) is 89.3 Å². The maximum atomic E-state index is 14.2. The van der Waals surface area contributed by atoms with Crippen LogP contribution in [0.4, 0.5) is 14.9 Å².